The van der Waals surface area contributed by atoms with Gasteiger partial charge in [0.15, 0.2) is 5.13 Å². The third-order valence-corrected chi connectivity index (χ3v) is 2.92. The summed E-state index contributed by atoms with van der Waals surface area (Å²) in [6.07, 6.45) is 1.37. The highest BCUT2D eigenvalue weighted by atomic mass is 32.1. The first-order valence-corrected chi connectivity index (χ1v) is 6.05. The molecule has 0 fully saturated rings. The first kappa shape index (κ1) is 11.5. The lowest BCUT2D eigenvalue weighted by Crippen LogP contribution is -1.91. The van der Waals surface area contributed by atoms with E-state index in [0.29, 0.717) is 34.1 Å². The molecule has 3 heterocycles. The van der Waals surface area contributed by atoms with Gasteiger partial charge in [-0.3, -0.25) is 0 Å². The number of nitrogens with zero attached hydrogens (tertiary/aromatic N) is 5. The summed E-state index contributed by atoms with van der Waals surface area (Å²) in [6.45, 7) is 0. The van der Waals surface area contributed by atoms with E-state index in [4.69, 9.17) is 15.0 Å². The molecule has 0 saturated carbocycles. The molecule has 19 heavy (non-hydrogen) atoms. The number of methoxy groups -OCH3 is 1. The van der Waals surface area contributed by atoms with Crippen LogP contribution in [0.5, 0.6) is 5.88 Å². The second kappa shape index (κ2) is 4.61. The molecule has 0 unspecified atom stereocenters. The molecule has 3 aromatic heterocycles. The maximum Gasteiger partial charge on any atom is 0.277 e. The van der Waals surface area contributed by atoms with E-state index in [1.54, 1.807) is 11.4 Å². The summed E-state index contributed by atoms with van der Waals surface area (Å²) in [4.78, 5) is 16.2. The topological polar surface area (TPSA) is 113 Å². The van der Waals surface area contributed by atoms with Crippen LogP contribution in [0.3, 0.4) is 0 Å². The van der Waals surface area contributed by atoms with E-state index in [1.165, 1.54) is 24.8 Å². The second-order valence-corrected chi connectivity index (χ2v) is 4.33. The van der Waals surface area contributed by atoms with Crippen molar-refractivity contribution in [3.8, 4) is 29.0 Å². The lowest BCUT2D eigenvalue weighted by molar-refractivity contribution is 0.397. The molecule has 9 heteroatoms. The molecule has 0 amide bonds. The van der Waals surface area contributed by atoms with Gasteiger partial charge in [0.1, 0.15) is 17.7 Å². The zero-order valence-corrected chi connectivity index (χ0v) is 10.6. The van der Waals surface area contributed by atoms with Gasteiger partial charge in [0, 0.05) is 11.4 Å². The van der Waals surface area contributed by atoms with Crippen molar-refractivity contribution in [3.63, 3.8) is 0 Å². The average molecular weight is 276 g/mol. The van der Waals surface area contributed by atoms with Crippen LogP contribution in [0.4, 0.5) is 5.13 Å². The normalized spacial score (nSPS) is 10.6. The fourth-order valence-electron chi connectivity index (χ4n) is 1.39. The lowest BCUT2D eigenvalue weighted by atomic mass is 10.4. The Morgan fingerprint density at radius 2 is 2.16 bits per heavy atom. The summed E-state index contributed by atoms with van der Waals surface area (Å²) < 4.78 is 10.1. The predicted molar refractivity (Wildman–Crippen MR) is 67.4 cm³/mol. The molecule has 0 aliphatic rings. The smallest absolute Gasteiger partial charge is 0.277 e. The minimum atomic E-state index is 0.292. The van der Waals surface area contributed by atoms with Crippen LogP contribution >= 0.6 is 11.3 Å². The highest BCUT2D eigenvalue weighted by Crippen LogP contribution is 2.24. The third-order valence-electron chi connectivity index (χ3n) is 2.25. The number of aromatic nitrogens is 5. The second-order valence-electron chi connectivity index (χ2n) is 3.44. The first-order valence-electron chi connectivity index (χ1n) is 5.18. The molecule has 0 atom stereocenters. The summed E-state index contributed by atoms with van der Waals surface area (Å²) >= 11 is 1.30. The minimum Gasteiger partial charge on any atom is -0.481 e. The number of thiazole rings is 1. The van der Waals surface area contributed by atoms with Gasteiger partial charge in [-0.1, -0.05) is 5.16 Å². The Hall–Kier alpha value is -2.55. The lowest BCUT2D eigenvalue weighted by Gasteiger charge is -1.97. The maximum absolute atomic E-state index is 5.55. The largest absolute Gasteiger partial charge is 0.481 e. The van der Waals surface area contributed by atoms with Crippen molar-refractivity contribution in [1.29, 1.82) is 0 Å². The van der Waals surface area contributed by atoms with Gasteiger partial charge in [0.05, 0.1) is 7.11 Å². The number of ether oxygens (including phenoxy) is 1. The van der Waals surface area contributed by atoms with Crippen molar-refractivity contribution in [3.05, 3.63) is 17.8 Å². The quantitative estimate of drug-likeness (QED) is 0.760. The Kier molecular flexibility index (Phi) is 2.80. The van der Waals surface area contributed by atoms with Gasteiger partial charge < -0.3 is 15.0 Å². The van der Waals surface area contributed by atoms with E-state index >= 15 is 0 Å². The maximum atomic E-state index is 5.55. The fraction of sp³-hybridized carbons (Fsp3) is 0.100. The molecule has 0 bridgehead atoms. The molecule has 3 aromatic rings. The van der Waals surface area contributed by atoms with Gasteiger partial charge in [-0.25, -0.2) is 15.0 Å². The average Bonchev–Trinajstić information content (AvgIpc) is 3.07. The van der Waals surface area contributed by atoms with Crippen molar-refractivity contribution >= 4 is 16.5 Å². The molecule has 0 aromatic carbocycles. The number of anilines is 1. The Balaban J connectivity index is 1.96. The predicted octanol–water partition coefficient (Wildman–Crippen LogP) is 1.24. The monoisotopic (exact) mass is 276 g/mol. The van der Waals surface area contributed by atoms with Gasteiger partial charge in [0.25, 0.3) is 5.89 Å². The van der Waals surface area contributed by atoms with Gasteiger partial charge in [0.2, 0.25) is 11.7 Å². The highest BCUT2D eigenvalue weighted by Gasteiger charge is 2.14. The van der Waals surface area contributed by atoms with Gasteiger partial charge in [-0.2, -0.15) is 4.98 Å². The fourth-order valence-corrected chi connectivity index (χ4v) is 1.93. The molecule has 0 spiro atoms. The molecule has 2 N–H and O–H groups in total. The van der Waals surface area contributed by atoms with Crippen LogP contribution < -0.4 is 10.5 Å². The highest BCUT2D eigenvalue weighted by molar-refractivity contribution is 7.13. The van der Waals surface area contributed by atoms with Crippen LogP contribution in [0.1, 0.15) is 0 Å². The van der Waals surface area contributed by atoms with Crippen LogP contribution in [-0.4, -0.2) is 32.2 Å². The third kappa shape index (κ3) is 2.22. The first-order chi connectivity index (χ1) is 9.26. The van der Waals surface area contributed by atoms with Crippen molar-refractivity contribution in [2.24, 2.45) is 0 Å². The standard InChI is InChI=1S/C10H8N6O2S/c1-17-7-2-5(12-4-13-7)8-15-9(18-16-8)6-3-19-10(11)14-6/h2-4H,1H3,(H2,11,14). The number of rotatable bonds is 3. The van der Waals surface area contributed by atoms with E-state index in [9.17, 15) is 0 Å². The molecule has 0 radical (unpaired) electrons. The van der Waals surface area contributed by atoms with E-state index in [1.807, 2.05) is 0 Å². The number of hydrogen-bond donors (Lipinski definition) is 1. The van der Waals surface area contributed by atoms with E-state index in [2.05, 4.69) is 25.1 Å². The van der Waals surface area contributed by atoms with Crippen LogP contribution in [0.15, 0.2) is 22.3 Å². The molecule has 0 aliphatic carbocycles. The molecule has 96 valence electrons. The summed E-state index contributed by atoms with van der Waals surface area (Å²) in [5.41, 5.74) is 6.60. The Bertz CT molecular complexity index is 709. The van der Waals surface area contributed by atoms with Crippen molar-refractivity contribution in [2.45, 2.75) is 0 Å². The van der Waals surface area contributed by atoms with Crippen LogP contribution in [0.2, 0.25) is 0 Å². The number of nitrogens with two attached hydrogens (primary N) is 1. The zero-order valence-electron chi connectivity index (χ0n) is 9.77. The van der Waals surface area contributed by atoms with Crippen molar-refractivity contribution < 1.29 is 9.26 Å². The van der Waals surface area contributed by atoms with Crippen molar-refractivity contribution in [1.82, 2.24) is 25.1 Å². The number of hydrogen-bond acceptors (Lipinski definition) is 9. The Morgan fingerprint density at radius 1 is 1.26 bits per heavy atom. The summed E-state index contributed by atoms with van der Waals surface area (Å²) in [5, 5.41) is 6.03. The Morgan fingerprint density at radius 3 is 2.89 bits per heavy atom. The molecular formula is C10H8N6O2S. The van der Waals surface area contributed by atoms with E-state index in [-0.39, 0.29) is 0 Å². The van der Waals surface area contributed by atoms with E-state index in [0.717, 1.165) is 0 Å². The SMILES string of the molecule is COc1cc(-c2noc(-c3csc(N)n3)n2)ncn1. The summed E-state index contributed by atoms with van der Waals surface area (Å²) in [5.74, 6) is 1.05. The number of nitrogen functional groups attached to an aromatic ring is 1. The zero-order chi connectivity index (χ0) is 13.2. The summed E-state index contributed by atoms with van der Waals surface area (Å²) in [7, 11) is 1.52. The van der Waals surface area contributed by atoms with Gasteiger partial charge in [-0.05, 0) is 0 Å². The molecular weight excluding hydrogens is 268 g/mol. The molecule has 0 aliphatic heterocycles. The van der Waals surface area contributed by atoms with Gasteiger partial charge in [-0.15, -0.1) is 11.3 Å². The van der Waals surface area contributed by atoms with Crippen LogP contribution in [0, 0.1) is 0 Å². The van der Waals surface area contributed by atoms with E-state index < -0.39 is 0 Å². The molecule has 3 rings (SSSR count). The van der Waals surface area contributed by atoms with Crippen LogP contribution in [0.25, 0.3) is 23.1 Å². The van der Waals surface area contributed by atoms with Crippen LogP contribution in [-0.2, 0) is 0 Å². The minimum absolute atomic E-state index is 0.292. The molecule has 0 saturated heterocycles. The van der Waals surface area contributed by atoms with Gasteiger partial charge >= 0.3 is 0 Å². The molecule has 8 nitrogen and oxygen atoms in total. The Labute approximate surface area is 111 Å². The van der Waals surface area contributed by atoms with Crippen molar-refractivity contribution in [2.75, 3.05) is 12.8 Å². The summed E-state index contributed by atoms with van der Waals surface area (Å²) in [6, 6.07) is 1.62.